The van der Waals surface area contributed by atoms with Gasteiger partial charge in [-0.3, -0.25) is 0 Å². The van der Waals surface area contributed by atoms with Crippen molar-refractivity contribution in [2.45, 2.75) is 5.92 Å². The molecule has 0 N–H and O–H groups in total. The molecule has 0 amide bonds. The van der Waals surface area contributed by atoms with Gasteiger partial charge < -0.3 is 4.74 Å². The Kier molecular flexibility index (Phi) is 6.38. The van der Waals surface area contributed by atoms with Gasteiger partial charge in [0.05, 0.1) is 0 Å². The van der Waals surface area contributed by atoms with E-state index in [0.717, 1.165) is 22.3 Å². The third-order valence-corrected chi connectivity index (χ3v) is 11.2. The van der Waals surface area contributed by atoms with Crippen LogP contribution in [-0.4, -0.2) is 0 Å². The third kappa shape index (κ3) is 4.23. The highest BCUT2D eigenvalue weighted by molar-refractivity contribution is 6.17. The second-order valence-corrected chi connectivity index (χ2v) is 13.9. The molecule has 11 rings (SSSR count). The molecule has 0 bridgehead atoms. The molecule has 242 valence electrons. The summed E-state index contributed by atoms with van der Waals surface area (Å²) in [6.07, 6.45) is 0. The third-order valence-electron chi connectivity index (χ3n) is 11.2. The Morgan fingerprint density at radius 1 is 0.269 bits per heavy atom. The van der Waals surface area contributed by atoms with Crippen LogP contribution in [0.1, 0.15) is 22.6 Å². The number of hydrogen-bond acceptors (Lipinski definition) is 1. The maximum absolute atomic E-state index is 7.26. The maximum atomic E-state index is 7.26. The zero-order chi connectivity index (χ0) is 34.2. The van der Waals surface area contributed by atoms with E-state index in [1.807, 2.05) is 0 Å². The van der Waals surface area contributed by atoms with Gasteiger partial charge in [0.15, 0.2) is 0 Å². The summed E-state index contributed by atoms with van der Waals surface area (Å²) in [7, 11) is 0. The minimum Gasteiger partial charge on any atom is -0.455 e. The summed E-state index contributed by atoms with van der Waals surface area (Å²) in [6, 6.07) is 68.5. The molecule has 0 spiro atoms. The molecule has 0 unspecified atom stereocenters. The second kappa shape index (κ2) is 11.4. The Bertz CT molecular complexity index is 2900. The molecule has 1 aliphatic rings. The predicted octanol–water partition coefficient (Wildman–Crippen LogP) is 14.1. The normalized spacial score (nSPS) is 12.7. The van der Waals surface area contributed by atoms with Gasteiger partial charge in [-0.05, 0) is 70.9 Å². The Balaban J connectivity index is 1.18. The van der Waals surface area contributed by atoms with E-state index in [1.165, 1.54) is 82.0 Å². The average Bonchev–Trinajstić information content (AvgIpc) is 3.23. The van der Waals surface area contributed by atoms with Crippen LogP contribution < -0.4 is 4.74 Å². The molecular formula is C51H32O. The highest BCUT2D eigenvalue weighted by Crippen LogP contribution is 2.57. The monoisotopic (exact) mass is 660 g/mol. The van der Waals surface area contributed by atoms with E-state index in [2.05, 4.69) is 188 Å². The summed E-state index contributed by atoms with van der Waals surface area (Å²) in [5.41, 5.74) is 8.64. The van der Waals surface area contributed by atoms with Crippen molar-refractivity contribution in [3.63, 3.8) is 0 Å². The fourth-order valence-corrected chi connectivity index (χ4v) is 8.92. The summed E-state index contributed by atoms with van der Waals surface area (Å²) in [4.78, 5) is 0. The molecule has 1 nitrogen and oxygen atoms in total. The average molecular weight is 661 g/mol. The lowest BCUT2D eigenvalue weighted by Crippen LogP contribution is -2.14. The van der Waals surface area contributed by atoms with Crippen LogP contribution in [0.2, 0.25) is 0 Å². The molecule has 0 saturated heterocycles. The first kappa shape index (κ1) is 29.1. The van der Waals surface area contributed by atoms with Crippen molar-refractivity contribution >= 4 is 53.9 Å². The van der Waals surface area contributed by atoms with Gasteiger partial charge >= 0.3 is 0 Å². The minimum atomic E-state index is -0.0472. The number of ether oxygens (including phenoxy) is 1. The van der Waals surface area contributed by atoms with E-state index >= 15 is 0 Å². The molecule has 0 fully saturated rings. The standard InChI is InChI=1S/C51H32O/c1-2-14-32(15-3-1)35-30-31-36(38-17-5-4-16-37(35)38)33-26-28-34(29-27-33)47-48-43-22-10-6-18-39(43)41-20-8-12-24-45(41)50(48)52-51-46-25-13-9-21-42(46)40-19-7-11-23-44(40)49(47)51/h1-31,47H. The maximum Gasteiger partial charge on any atom is 0.140 e. The summed E-state index contributed by atoms with van der Waals surface area (Å²) < 4.78 is 7.26. The van der Waals surface area contributed by atoms with E-state index in [0.29, 0.717) is 0 Å². The highest BCUT2D eigenvalue weighted by atomic mass is 16.5. The van der Waals surface area contributed by atoms with Crippen LogP contribution in [-0.2, 0) is 0 Å². The van der Waals surface area contributed by atoms with Gasteiger partial charge in [-0.1, -0.05) is 188 Å². The van der Waals surface area contributed by atoms with Crippen LogP contribution >= 0.6 is 0 Å². The van der Waals surface area contributed by atoms with Gasteiger partial charge in [0.2, 0.25) is 0 Å². The molecule has 52 heavy (non-hydrogen) atoms. The lowest BCUT2D eigenvalue weighted by molar-refractivity contribution is 0.467. The van der Waals surface area contributed by atoms with Crippen LogP contribution in [0.4, 0.5) is 0 Å². The number of benzene rings is 10. The summed E-state index contributed by atoms with van der Waals surface area (Å²) in [5, 5.41) is 12.2. The Labute approximate surface area is 302 Å². The number of fused-ring (bicyclic) bond motifs is 13. The quantitative estimate of drug-likeness (QED) is 0.171. The van der Waals surface area contributed by atoms with Gasteiger partial charge in [-0.2, -0.15) is 0 Å². The molecule has 10 aromatic carbocycles. The molecule has 0 aliphatic carbocycles. The van der Waals surface area contributed by atoms with Crippen molar-refractivity contribution in [2.75, 3.05) is 0 Å². The Hall–Kier alpha value is -6.70. The van der Waals surface area contributed by atoms with Gasteiger partial charge in [-0.25, -0.2) is 0 Å². The van der Waals surface area contributed by atoms with Crippen LogP contribution in [0.3, 0.4) is 0 Å². The molecule has 1 aliphatic heterocycles. The molecule has 0 aromatic heterocycles. The molecular weight excluding hydrogens is 629 g/mol. The van der Waals surface area contributed by atoms with Gasteiger partial charge in [0.1, 0.15) is 11.5 Å². The first-order valence-electron chi connectivity index (χ1n) is 18.1. The molecule has 1 heteroatoms. The van der Waals surface area contributed by atoms with Crippen molar-refractivity contribution in [3.8, 4) is 33.8 Å². The first-order chi connectivity index (χ1) is 25.8. The Morgan fingerprint density at radius 2 is 0.615 bits per heavy atom. The highest BCUT2D eigenvalue weighted by Gasteiger charge is 2.35. The minimum absolute atomic E-state index is 0.0472. The lowest BCUT2D eigenvalue weighted by Gasteiger charge is -2.33. The zero-order valence-electron chi connectivity index (χ0n) is 28.4. The van der Waals surface area contributed by atoms with Crippen molar-refractivity contribution in [1.82, 2.24) is 0 Å². The van der Waals surface area contributed by atoms with E-state index in [1.54, 1.807) is 0 Å². The fourth-order valence-electron chi connectivity index (χ4n) is 8.92. The van der Waals surface area contributed by atoms with Crippen LogP contribution in [0, 0.1) is 0 Å². The van der Waals surface area contributed by atoms with Gasteiger partial charge in [0, 0.05) is 27.8 Å². The first-order valence-corrected chi connectivity index (χ1v) is 18.1. The lowest BCUT2D eigenvalue weighted by atomic mass is 9.76. The fraction of sp³-hybridized carbons (Fsp3) is 0.0196. The largest absolute Gasteiger partial charge is 0.455 e. The second-order valence-electron chi connectivity index (χ2n) is 13.9. The smallest absolute Gasteiger partial charge is 0.140 e. The van der Waals surface area contributed by atoms with Crippen molar-refractivity contribution in [1.29, 1.82) is 0 Å². The summed E-state index contributed by atoms with van der Waals surface area (Å²) in [5.74, 6) is 1.87. The number of hydrogen-bond donors (Lipinski definition) is 0. The predicted molar refractivity (Wildman–Crippen MR) is 219 cm³/mol. The SMILES string of the molecule is c1ccc(-c2ccc(-c3ccc(C4c5c(c6ccccc6c6ccccc56)Oc5c4c4ccccc4c4ccccc54)cc3)c3ccccc23)cc1. The zero-order valence-corrected chi connectivity index (χ0v) is 28.4. The van der Waals surface area contributed by atoms with E-state index in [4.69, 9.17) is 4.74 Å². The van der Waals surface area contributed by atoms with E-state index in [9.17, 15) is 0 Å². The number of rotatable bonds is 3. The van der Waals surface area contributed by atoms with Crippen LogP contribution in [0.15, 0.2) is 188 Å². The Morgan fingerprint density at radius 3 is 1.08 bits per heavy atom. The van der Waals surface area contributed by atoms with Crippen LogP contribution in [0.25, 0.3) is 76.1 Å². The summed E-state index contributed by atoms with van der Waals surface area (Å²) >= 11 is 0. The van der Waals surface area contributed by atoms with Crippen molar-refractivity contribution in [3.05, 3.63) is 205 Å². The van der Waals surface area contributed by atoms with Gasteiger partial charge in [0.25, 0.3) is 0 Å². The van der Waals surface area contributed by atoms with E-state index < -0.39 is 0 Å². The van der Waals surface area contributed by atoms with Gasteiger partial charge in [-0.15, -0.1) is 0 Å². The molecule has 0 radical (unpaired) electrons. The van der Waals surface area contributed by atoms with Crippen LogP contribution in [0.5, 0.6) is 11.5 Å². The topological polar surface area (TPSA) is 9.23 Å². The van der Waals surface area contributed by atoms with Crippen molar-refractivity contribution < 1.29 is 4.74 Å². The molecule has 10 aromatic rings. The molecule has 0 saturated carbocycles. The van der Waals surface area contributed by atoms with Crippen molar-refractivity contribution in [2.24, 2.45) is 0 Å². The summed E-state index contributed by atoms with van der Waals surface area (Å²) in [6.45, 7) is 0. The van der Waals surface area contributed by atoms with E-state index in [-0.39, 0.29) is 5.92 Å². The molecule has 1 heterocycles. The molecule has 0 atom stereocenters.